The van der Waals surface area contributed by atoms with Crippen LogP contribution in [0.4, 0.5) is 0 Å². The van der Waals surface area contributed by atoms with Crippen molar-refractivity contribution in [1.29, 1.82) is 0 Å². The normalized spacial score (nSPS) is 14.6. The van der Waals surface area contributed by atoms with Crippen molar-refractivity contribution in [1.82, 2.24) is 19.9 Å². The van der Waals surface area contributed by atoms with Gasteiger partial charge in [-0.1, -0.05) is 119 Å². The molecule has 5 nitrogen and oxygen atoms in total. The summed E-state index contributed by atoms with van der Waals surface area (Å²) in [6.45, 7) is 9.19. The minimum Gasteiger partial charge on any atom is -0.436 e. The van der Waals surface area contributed by atoms with Crippen LogP contribution in [0.25, 0.3) is 79.0 Å². The van der Waals surface area contributed by atoms with Crippen molar-refractivity contribution in [2.75, 3.05) is 0 Å². The lowest BCUT2D eigenvalue weighted by Crippen LogP contribution is -2.14. The molecule has 6 aromatic carbocycles. The molecule has 0 bridgehead atoms. The van der Waals surface area contributed by atoms with Gasteiger partial charge >= 0.3 is 0 Å². The van der Waals surface area contributed by atoms with Crippen LogP contribution in [0.15, 0.2) is 138 Å². The Hall–Kier alpha value is -6.20. The fraction of sp³-hybridized carbons (Fsp3) is 0.130. The van der Waals surface area contributed by atoms with Crippen LogP contribution in [-0.4, -0.2) is 19.9 Å². The summed E-state index contributed by atoms with van der Waals surface area (Å²) in [6.07, 6.45) is 0. The maximum absolute atomic E-state index is 6.14. The number of oxazole rings is 1. The lowest BCUT2D eigenvalue weighted by atomic mass is 9.82. The largest absolute Gasteiger partial charge is 0.436 e. The maximum atomic E-state index is 6.14. The van der Waals surface area contributed by atoms with Gasteiger partial charge in [-0.3, -0.25) is 0 Å². The molecule has 0 radical (unpaired) electrons. The lowest BCUT2D eigenvalue weighted by molar-refractivity contribution is 0.620. The van der Waals surface area contributed by atoms with Crippen molar-refractivity contribution in [2.45, 2.75) is 38.5 Å². The Morgan fingerprint density at radius 1 is 0.392 bits per heavy atom. The predicted octanol–water partition coefficient (Wildman–Crippen LogP) is 11.3. The van der Waals surface area contributed by atoms with Crippen molar-refractivity contribution >= 4 is 11.1 Å². The van der Waals surface area contributed by atoms with Gasteiger partial charge in [0.05, 0.1) is 0 Å². The molecule has 0 saturated carbocycles. The summed E-state index contributed by atoms with van der Waals surface area (Å²) in [5.74, 6) is 2.43. The molecule has 2 aliphatic carbocycles. The Bertz CT molecular complexity index is 2580. The van der Waals surface area contributed by atoms with Crippen molar-refractivity contribution in [3.05, 3.63) is 156 Å². The number of hydrogen-bond acceptors (Lipinski definition) is 5. The molecule has 0 unspecified atom stereocenters. The van der Waals surface area contributed by atoms with Crippen LogP contribution in [0.2, 0.25) is 0 Å². The molecule has 51 heavy (non-hydrogen) atoms. The molecular weight excluding hydrogens is 625 g/mol. The number of nitrogens with zero attached hydrogens (tertiary/aromatic N) is 4. The molecule has 2 heterocycles. The Morgan fingerprint density at radius 3 is 1.39 bits per heavy atom. The molecule has 2 aromatic heterocycles. The molecule has 0 fully saturated rings. The zero-order valence-electron chi connectivity index (χ0n) is 28.9. The second kappa shape index (κ2) is 10.6. The molecule has 0 atom stereocenters. The van der Waals surface area contributed by atoms with Crippen LogP contribution in [-0.2, 0) is 10.8 Å². The minimum absolute atomic E-state index is 0.0834. The van der Waals surface area contributed by atoms with Crippen LogP contribution < -0.4 is 0 Å². The Balaban J connectivity index is 1.15. The average molecular weight is 659 g/mol. The molecule has 0 aliphatic heterocycles. The quantitative estimate of drug-likeness (QED) is 0.188. The summed E-state index contributed by atoms with van der Waals surface area (Å²) in [5, 5.41) is 0. The summed E-state index contributed by atoms with van der Waals surface area (Å²) in [6, 6.07) is 46.7. The van der Waals surface area contributed by atoms with E-state index in [1.807, 2.05) is 48.5 Å². The van der Waals surface area contributed by atoms with Crippen LogP contribution in [0.5, 0.6) is 0 Å². The second-order valence-corrected chi connectivity index (χ2v) is 14.7. The Morgan fingerprint density at radius 2 is 0.843 bits per heavy atom. The molecule has 2 aliphatic rings. The third kappa shape index (κ3) is 4.47. The van der Waals surface area contributed by atoms with E-state index in [2.05, 4.69) is 113 Å². The number of fused-ring (bicyclic) bond motifs is 7. The van der Waals surface area contributed by atoms with Crippen LogP contribution in [0.1, 0.15) is 49.9 Å². The lowest BCUT2D eigenvalue weighted by Gasteiger charge is -2.21. The van der Waals surface area contributed by atoms with Gasteiger partial charge in [0.2, 0.25) is 5.89 Å². The monoisotopic (exact) mass is 658 g/mol. The van der Waals surface area contributed by atoms with E-state index < -0.39 is 0 Å². The van der Waals surface area contributed by atoms with Gasteiger partial charge in [0.15, 0.2) is 23.1 Å². The number of benzene rings is 6. The highest BCUT2D eigenvalue weighted by Gasteiger charge is 2.36. The second-order valence-electron chi connectivity index (χ2n) is 14.7. The highest BCUT2D eigenvalue weighted by Crippen LogP contribution is 2.51. The van der Waals surface area contributed by atoms with Gasteiger partial charge in [-0.25, -0.2) is 19.9 Å². The molecule has 0 N–H and O–H groups in total. The van der Waals surface area contributed by atoms with Gasteiger partial charge in [0, 0.05) is 33.1 Å². The topological polar surface area (TPSA) is 64.7 Å². The molecule has 10 rings (SSSR count). The van der Waals surface area contributed by atoms with E-state index in [9.17, 15) is 0 Å². The van der Waals surface area contributed by atoms with Gasteiger partial charge in [0.1, 0.15) is 5.52 Å². The highest BCUT2D eigenvalue weighted by atomic mass is 16.3. The van der Waals surface area contributed by atoms with Crippen LogP contribution in [0, 0.1) is 0 Å². The van der Waals surface area contributed by atoms with E-state index >= 15 is 0 Å². The predicted molar refractivity (Wildman–Crippen MR) is 204 cm³/mol. The first-order valence-corrected chi connectivity index (χ1v) is 17.5. The van der Waals surface area contributed by atoms with E-state index in [4.69, 9.17) is 24.4 Å². The smallest absolute Gasteiger partial charge is 0.227 e. The Kier molecular flexibility index (Phi) is 6.20. The zero-order valence-corrected chi connectivity index (χ0v) is 28.9. The molecule has 0 saturated heterocycles. The zero-order chi connectivity index (χ0) is 34.5. The first kappa shape index (κ1) is 29.7. The number of rotatable bonds is 4. The van der Waals surface area contributed by atoms with Crippen LogP contribution in [0.3, 0.4) is 0 Å². The van der Waals surface area contributed by atoms with Gasteiger partial charge in [-0.05, 0) is 87.0 Å². The van der Waals surface area contributed by atoms with Crippen molar-refractivity contribution in [2.24, 2.45) is 0 Å². The number of aromatic nitrogens is 4. The standard InChI is InChI=1S/C46H34N4O/c1-45(2)35-16-10-8-14-31(35)33-24-28(18-21-37(33)45)41-48-42(29-19-22-38-34(25-29)32-15-9-11-17-36(32)46(38,3)4)50-43(49-41)30-20-23-40-39(26-30)47-44(51-40)27-12-6-5-7-13-27/h5-26H,1-4H3. The molecule has 5 heteroatoms. The first-order valence-electron chi connectivity index (χ1n) is 17.5. The van der Waals surface area contributed by atoms with E-state index in [0.717, 1.165) is 27.8 Å². The van der Waals surface area contributed by atoms with Gasteiger partial charge in [0.25, 0.3) is 0 Å². The van der Waals surface area contributed by atoms with Gasteiger partial charge in [-0.15, -0.1) is 0 Å². The maximum Gasteiger partial charge on any atom is 0.227 e. The number of hydrogen-bond donors (Lipinski definition) is 0. The SMILES string of the molecule is CC1(C)c2ccccc2-c2cc(-c3nc(-c4ccc5c(c4)-c4ccccc4C5(C)C)nc(-c4ccc5oc(-c6ccccc6)nc5c4)n3)ccc21. The van der Waals surface area contributed by atoms with Crippen LogP contribution >= 0.6 is 0 Å². The summed E-state index contributed by atoms with van der Waals surface area (Å²) in [7, 11) is 0. The van der Waals surface area contributed by atoms with Gasteiger partial charge in [-0.2, -0.15) is 0 Å². The van der Waals surface area contributed by atoms with E-state index in [0.29, 0.717) is 28.9 Å². The molecule has 0 spiro atoms. The fourth-order valence-corrected chi connectivity index (χ4v) is 8.25. The molecule has 244 valence electrons. The molecular formula is C46H34N4O. The summed E-state index contributed by atoms with van der Waals surface area (Å²) < 4.78 is 6.14. The average Bonchev–Trinajstić information content (AvgIpc) is 3.78. The molecule has 0 amide bonds. The molecule has 8 aromatic rings. The fourth-order valence-electron chi connectivity index (χ4n) is 8.25. The minimum atomic E-state index is -0.0834. The van der Waals surface area contributed by atoms with Gasteiger partial charge < -0.3 is 4.42 Å². The summed E-state index contributed by atoms with van der Waals surface area (Å²) in [5.41, 5.74) is 15.3. The van der Waals surface area contributed by atoms with E-state index in [-0.39, 0.29) is 10.8 Å². The third-order valence-electron chi connectivity index (χ3n) is 11.0. The van der Waals surface area contributed by atoms with Crippen molar-refractivity contribution in [3.63, 3.8) is 0 Å². The first-order chi connectivity index (χ1) is 24.8. The Labute approximate surface area is 296 Å². The van der Waals surface area contributed by atoms with E-state index in [1.54, 1.807) is 0 Å². The van der Waals surface area contributed by atoms with Crippen molar-refractivity contribution in [3.8, 4) is 67.9 Å². The summed E-state index contributed by atoms with van der Waals surface area (Å²) >= 11 is 0. The van der Waals surface area contributed by atoms with E-state index in [1.165, 1.54) is 44.5 Å². The highest BCUT2D eigenvalue weighted by molar-refractivity contribution is 5.86. The van der Waals surface area contributed by atoms with Crippen molar-refractivity contribution < 1.29 is 4.42 Å². The third-order valence-corrected chi connectivity index (χ3v) is 11.0. The summed E-state index contributed by atoms with van der Waals surface area (Å²) in [4.78, 5) is 20.3.